The van der Waals surface area contributed by atoms with E-state index in [1.54, 1.807) is 31.3 Å². The average Bonchev–Trinajstić information content (AvgIpc) is 3.36. The average molecular weight is 615 g/mol. The Morgan fingerprint density at radius 3 is 2.57 bits per heavy atom. The highest BCUT2D eigenvalue weighted by Gasteiger charge is 2.31. The minimum Gasteiger partial charge on any atom is -0.406 e. The zero-order valence-corrected chi connectivity index (χ0v) is 24.2. The molecular formula is C29H30F4N8O3. The Morgan fingerprint density at radius 1 is 1.09 bits per heavy atom. The van der Waals surface area contributed by atoms with Crippen molar-refractivity contribution in [2.24, 2.45) is 0 Å². The molecule has 2 N–H and O–H groups in total. The van der Waals surface area contributed by atoms with Crippen molar-refractivity contribution >= 4 is 23.3 Å². The number of halogens is 4. The van der Waals surface area contributed by atoms with Crippen LogP contribution in [0.4, 0.5) is 23.4 Å². The highest BCUT2D eigenvalue weighted by Crippen LogP contribution is 2.28. The molecule has 0 saturated carbocycles. The van der Waals surface area contributed by atoms with E-state index in [2.05, 4.69) is 40.2 Å². The van der Waals surface area contributed by atoms with Crippen molar-refractivity contribution in [1.29, 1.82) is 0 Å². The van der Waals surface area contributed by atoms with Gasteiger partial charge in [0.15, 0.2) is 11.5 Å². The number of benzene rings is 1. The number of hydrogen-bond acceptors (Lipinski definition) is 8. The number of carbonyl (C=O) groups excluding carboxylic acids is 2. The lowest BCUT2D eigenvalue weighted by Gasteiger charge is -2.31. The van der Waals surface area contributed by atoms with Crippen LogP contribution in [0.2, 0.25) is 0 Å². The standard InChI is InChI=1S/C29H30F4N8O3/c1-17-22(28(43)35-18(2)21-13-20(4-5-23(21)30)44-29(31,32)33)12-19(14-34-17)24-6-7-26-36-25(15-41(26)38-24)37-27(42)16-40-10-8-39(3)9-11-40/h4-7,12-15,18H,8-11,16H2,1-3H3,(H,35,43)(H,37,42)/t18-/m1/s1. The van der Waals surface area contributed by atoms with Gasteiger partial charge in [-0.1, -0.05) is 0 Å². The van der Waals surface area contributed by atoms with E-state index >= 15 is 0 Å². The first-order chi connectivity index (χ1) is 20.8. The third kappa shape index (κ3) is 7.47. The second kappa shape index (κ2) is 12.5. The largest absolute Gasteiger partial charge is 0.573 e. The molecule has 0 aliphatic carbocycles. The van der Waals surface area contributed by atoms with Gasteiger partial charge in [0.1, 0.15) is 11.6 Å². The number of carbonyl (C=O) groups is 2. The number of piperazine rings is 1. The third-order valence-corrected chi connectivity index (χ3v) is 7.19. The number of aryl methyl sites for hydroxylation is 1. The molecule has 1 aliphatic heterocycles. The summed E-state index contributed by atoms with van der Waals surface area (Å²) in [5.41, 5.74) is 1.82. The monoisotopic (exact) mass is 614 g/mol. The summed E-state index contributed by atoms with van der Waals surface area (Å²) < 4.78 is 57.7. The first-order valence-electron chi connectivity index (χ1n) is 13.7. The number of amides is 2. The van der Waals surface area contributed by atoms with Crippen LogP contribution in [0, 0.1) is 12.7 Å². The topological polar surface area (TPSA) is 117 Å². The van der Waals surface area contributed by atoms with Crippen LogP contribution in [0.3, 0.4) is 0 Å². The van der Waals surface area contributed by atoms with Crippen LogP contribution in [0.5, 0.6) is 5.75 Å². The molecule has 232 valence electrons. The van der Waals surface area contributed by atoms with E-state index in [9.17, 15) is 27.2 Å². The number of anilines is 1. The van der Waals surface area contributed by atoms with Gasteiger partial charge in [-0.25, -0.2) is 13.9 Å². The summed E-state index contributed by atoms with van der Waals surface area (Å²) in [6.07, 6.45) is -1.82. The van der Waals surface area contributed by atoms with Crippen molar-refractivity contribution in [3.63, 3.8) is 0 Å². The number of alkyl halides is 3. The summed E-state index contributed by atoms with van der Waals surface area (Å²) in [4.78, 5) is 38.7. The predicted octanol–water partition coefficient (Wildman–Crippen LogP) is 3.81. The second-order valence-corrected chi connectivity index (χ2v) is 10.6. The minimum atomic E-state index is -4.95. The smallest absolute Gasteiger partial charge is 0.406 e. The van der Waals surface area contributed by atoms with Gasteiger partial charge in [-0.05, 0) is 57.3 Å². The molecule has 0 bridgehead atoms. The number of aromatic nitrogens is 4. The second-order valence-electron chi connectivity index (χ2n) is 10.6. The highest BCUT2D eigenvalue weighted by molar-refractivity contribution is 5.96. The first kappa shape index (κ1) is 30.8. The molecule has 11 nitrogen and oxygen atoms in total. The highest BCUT2D eigenvalue weighted by atomic mass is 19.4. The summed E-state index contributed by atoms with van der Waals surface area (Å²) in [6, 6.07) is 6.56. The van der Waals surface area contributed by atoms with Gasteiger partial charge in [0.2, 0.25) is 5.91 Å². The van der Waals surface area contributed by atoms with Crippen molar-refractivity contribution in [1.82, 2.24) is 34.7 Å². The van der Waals surface area contributed by atoms with Gasteiger partial charge < -0.3 is 20.3 Å². The Kier molecular flexibility index (Phi) is 8.78. The lowest BCUT2D eigenvalue weighted by molar-refractivity contribution is -0.274. The molecule has 2 amide bonds. The van der Waals surface area contributed by atoms with E-state index in [4.69, 9.17) is 0 Å². The van der Waals surface area contributed by atoms with Crippen molar-refractivity contribution < 1.29 is 31.9 Å². The van der Waals surface area contributed by atoms with Crippen LogP contribution in [-0.4, -0.2) is 87.3 Å². The van der Waals surface area contributed by atoms with Crippen LogP contribution >= 0.6 is 0 Å². The van der Waals surface area contributed by atoms with Gasteiger partial charge in [-0.2, -0.15) is 5.10 Å². The normalized spacial score (nSPS) is 15.2. The fourth-order valence-corrected chi connectivity index (χ4v) is 4.79. The van der Waals surface area contributed by atoms with Gasteiger partial charge in [-0.15, -0.1) is 13.2 Å². The van der Waals surface area contributed by atoms with Crippen molar-refractivity contribution in [2.45, 2.75) is 26.3 Å². The maximum Gasteiger partial charge on any atom is 0.573 e. The number of pyridine rings is 1. The SMILES string of the molecule is Cc1ncc(-c2ccc3nc(NC(=O)CN4CCN(C)CC4)cn3n2)cc1C(=O)N[C@H](C)c1cc(OC(F)(F)F)ccc1F. The molecule has 1 aromatic carbocycles. The number of nitrogens with one attached hydrogen (secondary N) is 2. The molecule has 1 fully saturated rings. The summed E-state index contributed by atoms with van der Waals surface area (Å²) in [6.45, 7) is 6.74. The van der Waals surface area contributed by atoms with E-state index in [1.807, 2.05) is 7.05 Å². The molecule has 4 aromatic rings. The lowest BCUT2D eigenvalue weighted by Crippen LogP contribution is -2.47. The van der Waals surface area contributed by atoms with Crippen LogP contribution in [0.15, 0.2) is 48.8 Å². The zero-order chi connectivity index (χ0) is 31.6. The molecule has 3 aromatic heterocycles. The molecule has 1 aliphatic rings. The third-order valence-electron chi connectivity index (χ3n) is 7.19. The Balaban J connectivity index is 1.29. The number of fused-ring (bicyclic) bond motifs is 1. The fourth-order valence-electron chi connectivity index (χ4n) is 4.79. The maximum atomic E-state index is 14.4. The number of likely N-dealkylation sites (N-methyl/N-ethyl adjacent to an activating group) is 1. The molecule has 15 heteroatoms. The maximum absolute atomic E-state index is 14.4. The zero-order valence-electron chi connectivity index (χ0n) is 24.2. The molecule has 0 spiro atoms. The van der Waals surface area contributed by atoms with Gasteiger partial charge in [0, 0.05) is 43.5 Å². The van der Waals surface area contributed by atoms with Crippen LogP contribution in [0.1, 0.15) is 34.6 Å². The van der Waals surface area contributed by atoms with E-state index in [0.29, 0.717) is 28.4 Å². The first-order valence-corrected chi connectivity index (χ1v) is 13.7. The number of imidazole rings is 1. The number of hydrogen-bond donors (Lipinski definition) is 2. The molecule has 5 rings (SSSR count). The predicted molar refractivity (Wildman–Crippen MR) is 152 cm³/mol. The summed E-state index contributed by atoms with van der Waals surface area (Å²) in [5, 5.41) is 9.96. The van der Waals surface area contributed by atoms with E-state index < -0.39 is 29.9 Å². The van der Waals surface area contributed by atoms with E-state index in [0.717, 1.165) is 44.4 Å². The van der Waals surface area contributed by atoms with Gasteiger partial charge in [0.05, 0.1) is 35.7 Å². The van der Waals surface area contributed by atoms with E-state index in [-0.39, 0.29) is 23.6 Å². The fraction of sp³-hybridized carbons (Fsp3) is 0.345. The van der Waals surface area contributed by atoms with Crippen molar-refractivity contribution in [2.75, 3.05) is 45.1 Å². The number of ether oxygens (including phenoxy) is 1. The van der Waals surface area contributed by atoms with Crippen LogP contribution in [-0.2, 0) is 4.79 Å². The van der Waals surface area contributed by atoms with Crippen LogP contribution in [0.25, 0.3) is 16.9 Å². The van der Waals surface area contributed by atoms with Gasteiger partial charge >= 0.3 is 6.36 Å². The Bertz CT molecular complexity index is 1690. The summed E-state index contributed by atoms with van der Waals surface area (Å²) in [5.74, 6) is -1.84. The molecule has 1 atom stereocenters. The molecule has 44 heavy (non-hydrogen) atoms. The molecule has 4 heterocycles. The van der Waals surface area contributed by atoms with E-state index in [1.165, 1.54) is 17.6 Å². The minimum absolute atomic E-state index is 0.168. The van der Waals surface area contributed by atoms with Crippen molar-refractivity contribution in [3.8, 4) is 17.0 Å². The van der Waals surface area contributed by atoms with Crippen molar-refractivity contribution in [3.05, 3.63) is 71.4 Å². The summed E-state index contributed by atoms with van der Waals surface area (Å²) >= 11 is 0. The Morgan fingerprint density at radius 2 is 1.84 bits per heavy atom. The number of rotatable bonds is 8. The van der Waals surface area contributed by atoms with Crippen LogP contribution < -0.4 is 15.4 Å². The lowest BCUT2D eigenvalue weighted by atomic mass is 10.0. The molecule has 1 saturated heterocycles. The molecule has 0 radical (unpaired) electrons. The Hall–Kier alpha value is -4.63. The summed E-state index contributed by atoms with van der Waals surface area (Å²) in [7, 11) is 2.05. The van der Waals surface area contributed by atoms with Gasteiger partial charge in [0.25, 0.3) is 5.91 Å². The molecular weight excluding hydrogens is 584 g/mol. The number of nitrogens with zero attached hydrogens (tertiary/aromatic N) is 6. The van der Waals surface area contributed by atoms with Gasteiger partial charge in [-0.3, -0.25) is 19.5 Å². The molecule has 0 unspecified atom stereocenters. The Labute approximate surface area is 249 Å². The quantitative estimate of drug-likeness (QED) is 0.288.